The third-order valence-electron chi connectivity index (χ3n) is 4.55. The van der Waals surface area contributed by atoms with Gasteiger partial charge < -0.3 is 5.32 Å². The Morgan fingerprint density at radius 2 is 1.88 bits per heavy atom. The topological polar surface area (TPSA) is 66.9 Å². The normalized spacial score (nSPS) is 17.5. The van der Waals surface area contributed by atoms with Crippen molar-refractivity contribution >= 4 is 23.5 Å². The van der Waals surface area contributed by atoms with Crippen molar-refractivity contribution in [3.63, 3.8) is 0 Å². The number of aromatic nitrogens is 2. The number of aromatic amines is 1. The van der Waals surface area contributed by atoms with Gasteiger partial charge in [0.25, 0.3) is 5.56 Å². The molecule has 0 fully saturated rings. The van der Waals surface area contributed by atoms with Gasteiger partial charge in [0.2, 0.25) is 5.91 Å². The van der Waals surface area contributed by atoms with E-state index in [-0.39, 0.29) is 22.8 Å². The van der Waals surface area contributed by atoms with E-state index in [0.717, 1.165) is 18.4 Å². The van der Waals surface area contributed by atoms with E-state index in [1.807, 2.05) is 35.9 Å². The summed E-state index contributed by atoms with van der Waals surface area (Å²) in [7, 11) is 0. The standard InChI is InChI=1S/C18H23N3O2S/c1-4-13(5-2)21-17-15(18(23)20-21)16(24-10-14(22)19-17)12-8-6-11(3)7-9-12/h6-9,13,16H,4-5,10H2,1-3H3,(H,19,22)(H,20,23). The summed E-state index contributed by atoms with van der Waals surface area (Å²) in [6.45, 7) is 6.21. The first-order chi connectivity index (χ1) is 11.5. The minimum atomic E-state index is -0.140. The van der Waals surface area contributed by atoms with Crippen molar-refractivity contribution in [2.75, 3.05) is 11.1 Å². The lowest BCUT2D eigenvalue weighted by molar-refractivity contribution is -0.113. The number of benzene rings is 1. The number of amides is 1. The van der Waals surface area contributed by atoms with Crippen molar-refractivity contribution < 1.29 is 4.79 Å². The fourth-order valence-electron chi connectivity index (χ4n) is 3.18. The Kier molecular flexibility index (Phi) is 4.85. The first-order valence-corrected chi connectivity index (χ1v) is 9.42. The van der Waals surface area contributed by atoms with Gasteiger partial charge in [-0.1, -0.05) is 43.7 Å². The lowest BCUT2D eigenvalue weighted by atomic mass is 10.0. The number of nitrogens with zero attached hydrogens (tertiary/aromatic N) is 1. The van der Waals surface area contributed by atoms with E-state index in [4.69, 9.17) is 0 Å². The number of carbonyl (C=O) groups is 1. The van der Waals surface area contributed by atoms with Gasteiger partial charge in [-0.05, 0) is 25.3 Å². The second kappa shape index (κ2) is 6.89. The van der Waals surface area contributed by atoms with Crippen molar-refractivity contribution in [3.05, 3.63) is 51.3 Å². The van der Waals surface area contributed by atoms with Crippen LogP contribution < -0.4 is 10.9 Å². The molecule has 0 saturated heterocycles. The molecule has 5 nitrogen and oxygen atoms in total. The van der Waals surface area contributed by atoms with Crippen molar-refractivity contribution in [1.82, 2.24) is 9.78 Å². The summed E-state index contributed by atoms with van der Waals surface area (Å²) in [6.07, 6.45) is 1.79. The van der Waals surface area contributed by atoms with Crippen molar-refractivity contribution in [1.29, 1.82) is 0 Å². The Morgan fingerprint density at radius 1 is 1.21 bits per heavy atom. The smallest absolute Gasteiger partial charge is 0.270 e. The second-order valence-corrected chi connectivity index (χ2v) is 7.29. The molecule has 1 atom stereocenters. The average Bonchev–Trinajstić information content (AvgIpc) is 2.77. The van der Waals surface area contributed by atoms with Gasteiger partial charge in [-0.25, -0.2) is 0 Å². The van der Waals surface area contributed by atoms with Crippen molar-refractivity contribution in [3.8, 4) is 0 Å². The van der Waals surface area contributed by atoms with E-state index in [0.29, 0.717) is 17.1 Å². The van der Waals surface area contributed by atoms with Crippen LogP contribution in [0.25, 0.3) is 0 Å². The molecule has 1 aromatic heterocycles. The summed E-state index contributed by atoms with van der Waals surface area (Å²) in [5, 5.41) is 5.75. The molecule has 128 valence electrons. The molecule has 0 bridgehead atoms. The lowest BCUT2D eigenvalue weighted by Gasteiger charge is -2.18. The highest BCUT2D eigenvalue weighted by Crippen LogP contribution is 2.40. The van der Waals surface area contributed by atoms with Gasteiger partial charge in [-0.15, -0.1) is 11.8 Å². The molecular formula is C18H23N3O2S. The van der Waals surface area contributed by atoms with Crippen LogP contribution in [-0.2, 0) is 4.79 Å². The minimum absolute atomic E-state index is 0.0606. The Bertz CT molecular complexity index is 788. The highest BCUT2D eigenvalue weighted by molar-refractivity contribution is 8.00. The van der Waals surface area contributed by atoms with Crippen LogP contribution in [0.3, 0.4) is 0 Å². The molecule has 2 N–H and O–H groups in total. The van der Waals surface area contributed by atoms with Crippen molar-refractivity contribution in [2.24, 2.45) is 0 Å². The first-order valence-electron chi connectivity index (χ1n) is 8.37. The van der Waals surface area contributed by atoms with Gasteiger partial charge in [0.05, 0.1) is 22.6 Å². The predicted molar refractivity (Wildman–Crippen MR) is 98.8 cm³/mol. The largest absolute Gasteiger partial charge is 0.310 e. The zero-order valence-electron chi connectivity index (χ0n) is 14.3. The number of carbonyl (C=O) groups excluding carboxylic acids is 1. The van der Waals surface area contributed by atoms with Gasteiger partial charge in [0.15, 0.2) is 0 Å². The molecule has 1 aliphatic rings. The maximum Gasteiger partial charge on any atom is 0.270 e. The summed E-state index contributed by atoms with van der Waals surface area (Å²) in [6, 6.07) is 8.34. The van der Waals surface area contributed by atoms with Crippen LogP contribution in [0.4, 0.5) is 5.82 Å². The molecule has 6 heteroatoms. The number of nitrogens with one attached hydrogen (secondary N) is 2. The van der Waals surface area contributed by atoms with Gasteiger partial charge in [-0.3, -0.25) is 19.4 Å². The molecule has 0 aliphatic carbocycles. The SMILES string of the molecule is CCC(CC)n1[nH]c(=O)c2c1NC(=O)CSC2c1ccc(C)cc1. The fraction of sp³-hybridized carbons (Fsp3) is 0.444. The van der Waals surface area contributed by atoms with E-state index >= 15 is 0 Å². The molecule has 1 unspecified atom stereocenters. The highest BCUT2D eigenvalue weighted by Gasteiger charge is 2.31. The molecule has 2 heterocycles. The zero-order chi connectivity index (χ0) is 17.3. The Hall–Kier alpha value is -1.95. The Morgan fingerprint density at radius 3 is 2.50 bits per heavy atom. The summed E-state index contributed by atoms with van der Waals surface area (Å²) < 4.78 is 1.85. The Labute approximate surface area is 145 Å². The molecule has 1 aromatic carbocycles. The van der Waals surface area contributed by atoms with Crippen LogP contribution >= 0.6 is 11.8 Å². The maximum atomic E-state index is 12.7. The summed E-state index contributed by atoms with van der Waals surface area (Å²) in [5.74, 6) is 0.916. The lowest BCUT2D eigenvalue weighted by Crippen LogP contribution is -2.19. The number of anilines is 1. The summed E-state index contributed by atoms with van der Waals surface area (Å²) >= 11 is 1.50. The molecule has 0 radical (unpaired) electrons. The van der Waals surface area contributed by atoms with E-state index < -0.39 is 0 Å². The van der Waals surface area contributed by atoms with E-state index in [1.165, 1.54) is 17.3 Å². The Balaban J connectivity index is 2.15. The quantitative estimate of drug-likeness (QED) is 0.889. The molecule has 2 aromatic rings. The van der Waals surface area contributed by atoms with Crippen molar-refractivity contribution in [2.45, 2.75) is 44.9 Å². The molecule has 1 aliphatic heterocycles. The first kappa shape index (κ1) is 16.9. The van der Waals surface area contributed by atoms with Crippen LogP contribution in [0.15, 0.2) is 29.1 Å². The number of rotatable bonds is 4. The summed E-state index contributed by atoms with van der Waals surface area (Å²) in [5.41, 5.74) is 2.77. The predicted octanol–water partition coefficient (Wildman–Crippen LogP) is 3.62. The van der Waals surface area contributed by atoms with Crippen LogP contribution in [-0.4, -0.2) is 21.4 Å². The number of aryl methyl sites for hydroxylation is 1. The molecule has 0 spiro atoms. The third-order valence-corrected chi connectivity index (χ3v) is 5.82. The van der Waals surface area contributed by atoms with Crippen LogP contribution in [0.2, 0.25) is 0 Å². The van der Waals surface area contributed by atoms with E-state index in [2.05, 4.69) is 24.3 Å². The van der Waals surface area contributed by atoms with E-state index in [1.54, 1.807) is 0 Å². The van der Waals surface area contributed by atoms with Gasteiger partial charge in [-0.2, -0.15) is 0 Å². The minimum Gasteiger partial charge on any atom is -0.310 e. The fourth-order valence-corrected chi connectivity index (χ4v) is 4.30. The highest BCUT2D eigenvalue weighted by atomic mass is 32.2. The molecule has 24 heavy (non-hydrogen) atoms. The van der Waals surface area contributed by atoms with Crippen LogP contribution in [0.1, 0.15) is 54.7 Å². The zero-order valence-corrected chi connectivity index (χ0v) is 15.1. The van der Waals surface area contributed by atoms with E-state index in [9.17, 15) is 9.59 Å². The number of hydrogen-bond acceptors (Lipinski definition) is 3. The molecular weight excluding hydrogens is 322 g/mol. The maximum absolute atomic E-state index is 12.7. The number of hydrogen-bond donors (Lipinski definition) is 2. The third kappa shape index (κ3) is 3.02. The molecule has 3 rings (SSSR count). The number of fused-ring (bicyclic) bond motifs is 1. The number of H-pyrrole nitrogens is 1. The number of thioether (sulfide) groups is 1. The molecule has 1 amide bonds. The van der Waals surface area contributed by atoms with Gasteiger partial charge >= 0.3 is 0 Å². The van der Waals surface area contributed by atoms with Crippen LogP contribution in [0.5, 0.6) is 0 Å². The second-order valence-electron chi connectivity index (χ2n) is 6.19. The van der Waals surface area contributed by atoms with Gasteiger partial charge in [0.1, 0.15) is 5.82 Å². The van der Waals surface area contributed by atoms with Crippen LogP contribution in [0, 0.1) is 6.92 Å². The molecule has 0 saturated carbocycles. The van der Waals surface area contributed by atoms with Gasteiger partial charge in [0, 0.05) is 0 Å². The summed E-state index contributed by atoms with van der Waals surface area (Å²) in [4.78, 5) is 24.9. The average molecular weight is 345 g/mol. The monoisotopic (exact) mass is 345 g/mol.